The Morgan fingerprint density at radius 1 is 1.22 bits per heavy atom. The van der Waals surface area contributed by atoms with Crippen LogP contribution in [0.1, 0.15) is 13.8 Å². The van der Waals surface area contributed by atoms with Gasteiger partial charge < -0.3 is 14.6 Å². The Labute approximate surface area is 140 Å². The Morgan fingerprint density at radius 2 is 2.04 bits per heavy atom. The predicted molar refractivity (Wildman–Crippen MR) is 95.8 cm³/mol. The first-order chi connectivity index (χ1) is 11.1. The highest BCUT2D eigenvalue weighted by molar-refractivity contribution is 8.00. The number of aromatic nitrogens is 3. The number of hydrogen-bond donors (Lipinski definition) is 1. The molecule has 0 bridgehead atoms. The Bertz CT molecular complexity index is 829. The fourth-order valence-corrected chi connectivity index (χ4v) is 3.36. The number of nitrogens with zero attached hydrogens (tertiary/aromatic N) is 3. The molecule has 0 saturated heterocycles. The van der Waals surface area contributed by atoms with E-state index in [9.17, 15) is 0 Å². The Morgan fingerprint density at radius 3 is 2.78 bits per heavy atom. The molecule has 2 aromatic heterocycles. The molecule has 3 aromatic rings. The van der Waals surface area contributed by atoms with Crippen molar-refractivity contribution in [1.29, 1.82) is 0 Å². The van der Waals surface area contributed by atoms with Gasteiger partial charge in [0, 0.05) is 23.4 Å². The van der Waals surface area contributed by atoms with Gasteiger partial charge in [-0.3, -0.25) is 0 Å². The number of thioether (sulfide) groups is 1. The van der Waals surface area contributed by atoms with E-state index < -0.39 is 0 Å². The van der Waals surface area contributed by atoms with Crippen LogP contribution in [-0.4, -0.2) is 26.9 Å². The average Bonchev–Trinajstić information content (AvgIpc) is 2.91. The molecule has 1 aromatic carbocycles. The summed E-state index contributed by atoms with van der Waals surface area (Å²) in [7, 11) is 3.68. The van der Waals surface area contributed by atoms with Crippen LogP contribution in [0.2, 0.25) is 0 Å². The standard InChI is InChI=1S/C17H20N4OS/c1-11(2)23-15-9-12(22-4)5-6-13(15)20-17-16-14(18-10-19-17)7-8-21(16)3/h5-11H,1-4H3,(H,18,19,20). The SMILES string of the molecule is COc1ccc(Nc2ncnc3ccn(C)c23)c(SC(C)C)c1. The number of benzene rings is 1. The molecule has 3 rings (SSSR count). The van der Waals surface area contributed by atoms with Gasteiger partial charge in [0.2, 0.25) is 0 Å². The molecule has 120 valence electrons. The van der Waals surface area contributed by atoms with Crippen LogP contribution >= 0.6 is 11.8 Å². The third-order valence-corrected chi connectivity index (χ3v) is 4.53. The monoisotopic (exact) mass is 328 g/mol. The topological polar surface area (TPSA) is 52.0 Å². The van der Waals surface area contributed by atoms with E-state index in [-0.39, 0.29) is 0 Å². The van der Waals surface area contributed by atoms with Gasteiger partial charge in [-0.15, -0.1) is 11.8 Å². The van der Waals surface area contributed by atoms with E-state index in [4.69, 9.17) is 4.74 Å². The molecule has 5 nitrogen and oxygen atoms in total. The van der Waals surface area contributed by atoms with Crippen molar-refractivity contribution in [3.63, 3.8) is 0 Å². The lowest BCUT2D eigenvalue weighted by molar-refractivity contribution is 0.414. The largest absolute Gasteiger partial charge is 0.497 e. The fourth-order valence-electron chi connectivity index (χ4n) is 2.42. The summed E-state index contributed by atoms with van der Waals surface area (Å²) in [6.45, 7) is 4.35. The molecule has 2 heterocycles. The minimum absolute atomic E-state index is 0.475. The van der Waals surface area contributed by atoms with E-state index in [1.165, 1.54) is 0 Å². The lowest BCUT2D eigenvalue weighted by Gasteiger charge is -2.15. The molecule has 0 atom stereocenters. The van der Waals surface area contributed by atoms with Gasteiger partial charge in [0.15, 0.2) is 5.82 Å². The highest BCUT2D eigenvalue weighted by Gasteiger charge is 2.12. The van der Waals surface area contributed by atoms with Crippen LogP contribution in [0, 0.1) is 0 Å². The zero-order valence-corrected chi connectivity index (χ0v) is 14.5. The van der Waals surface area contributed by atoms with E-state index in [0.29, 0.717) is 5.25 Å². The second-order valence-electron chi connectivity index (χ2n) is 5.54. The number of ether oxygens (including phenoxy) is 1. The summed E-state index contributed by atoms with van der Waals surface area (Å²) in [6.07, 6.45) is 3.58. The van der Waals surface area contributed by atoms with Crippen LogP contribution in [0.25, 0.3) is 11.0 Å². The van der Waals surface area contributed by atoms with E-state index in [0.717, 1.165) is 33.2 Å². The second-order valence-corrected chi connectivity index (χ2v) is 7.15. The molecule has 0 saturated carbocycles. The minimum atomic E-state index is 0.475. The Kier molecular flexibility index (Phi) is 4.43. The molecule has 0 spiro atoms. The van der Waals surface area contributed by atoms with Crippen molar-refractivity contribution < 1.29 is 4.74 Å². The lowest BCUT2D eigenvalue weighted by Crippen LogP contribution is -2.00. The van der Waals surface area contributed by atoms with Gasteiger partial charge in [-0.2, -0.15) is 0 Å². The summed E-state index contributed by atoms with van der Waals surface area (Å²) in [5.74, 6) is 1.66. The summed E-state index contributed by atoms with van der Waals surface area (Å²) in [6, 6.07) is 8.02. The molecular formula is C17H20N4OS. The van der Waals surface area contributed by atoms with Crippen molar-refractivity contribution >= 4 is 34.3 Å². The number of rotatable bonds is 5. The average molecular weight is 328 g/mol. The highest BCUT2D eigenvalue weighted by atomic mass is 32.2. The van der Waals surface area contributed by atoms with Crippen molar-refractivity contribution in [2.24, 2.45) is 7.05 Å². The smallest absolute Gasteiger partial charge is 0.158 e. The lowest BCUT2D eigenvalue weighted by atomic mass is 10.3. The van der Waals surface area contributed by atoms with Crippen LogP contribution in [0.5, 0.6) is 5.75 Å². The molecule has 0 radical (unpaired) electrons. The number of methoxy groups -OCH3 is 1. The number of fused-ring (bicyclic) bond motifs is 1. The molecule has 0 aliphatic heterocycles. The van der Waals surface area contributed by atoms with Crippen LogP contribution in [-0.2, 0) is 7.05 Å². The van der Waals surface area contributed by atoms with Crippen LogP contribution < -0.4 is 10.1 Å². The summed E-state index contributed by atoms with van der Waals surface area (Å²) in [4.78, 5) is 9.86. The van der Waals surface area contributed by atoms with Gasteiger partial charge in [-0.05, 0) is 24.3 Å². The van der Waals surface area contributed by atoms with E-state index >= 15 is 0 Å². The van der Waals surface area contributed by atoms with Gasteiger partial charge >= 0.3 is 0 Å². The van der Waals surface area contributed by atoms with Gasteiger partial charge in [-0.25, -0.2) is 9.97 Å². The van der Waals surface area contributed by atoms with Gasteiger partial charge in [0.05, 0.1) is 18.3 Å². The van der Waals surface area contributed by atoms with E-state index in [2.05, 4.69) is 35.2 Å². The maximum absolute atomic E-state index is 5.35. The zero-order chi connectivity index (χ0) is 16.4. The predicted octanol–water partition coefficient (Wildman–Crippen LogP) is 4.22. The van der Waals surface area contributed by atoms with Crippen molar-refractivity contribution in [2.45, 2.75) is 24.0 Å². The molecule has 0 unspecified atom stereocenters. The number of nitrogens with one attached hydrogen (secondary N) is 1. The minimum Gasteiger partial charge on any atom is -0.497 e. The number of anilines is 2. The van der Waals surface area contributed by atoms with Gasteiger partial charge in [0.1, 0.15) is 17.6 Å². The third-order valence-electron chi connectivity index (χ3n) is 3.46. The normalized spacial score (nSPS) is 11.2. The molecule has 0 fully saturated rings. The molecule has 0 aliphatic rings. The van der Waals surface area contributed by atoms with Crippen LogP contribution in [0.15, 0.2) is 41.7 Å². The van der Waals surface area contributed by atoms with E-state index in [1.807, 2.05) is 36.0 Å². The Hall–Kier alpha value is -2.21. The van der Waals surface area contributed by atoms with Crippen LogP contribution in [0.4, 0.5) is 11.5 Å². The molecule has 23 heavy (non-hydrogen) atoms. The van der Waals surface area contributed by atoms with E-state index in [1.54, 1.807) is 25.2 Å². The van der Waals surface area contributed by atoms with Crippen molar-refractivity contribution in [3.05, 3.63) is 36.8 Å². The zero-order valence-electron chi connectivity index (χ0n) is 13.7. The van der Waals surface area contributed by atoms with Crippen molar-refractivity contribution in [2.75, 3.05) is 12.4 Å². The maximum atomic E-state index is 5.35. The second kappa shape index (κ2) is 6.50. The number of hydrogen-bond acceptors (Lipinski definition) is 5. The number of aryl methyl sites for hydroxylation is 1. The third kappa shape index (κ3) is 3.27. The quantitative estimate of drug-likeness (QED) is 0.711. The fraction of sp³-hybridized carbons (Fsp3) is 0.294. The summed E-state index contributed by atoms with van der Waals surface area (Å²) in [5.41, 5.74) is 2.94. The molecule has 6 heteroatoms. The highest BCUT2D eigenvalue weighted by Crippen LogP contribution is 2.35. The van der Waals surface area contributed by atoms with Gasteiger partial charge in [-0.1, -0.05) is 13.8 Å². The summed E-state index contributed by atoms with van der Waals surface area (Å²) < 4.78 is 7.37. The molecule has 1 N–H and O–H groups in total. The Balaban J connectivity index is 2.02. The summed E-state index contributed by atoms with van der Waals surface area (Å²) >= 11 is 1.79. The van der Waals surface area contributed by atoms with Gasteiger partial charge in [0.25, 0.3) is 0 Å². The first kappa shape index (κ1) is 15.7. The molecule has 0 aliphatic carbocycles. The molecular weight excluding hydrogens is 308 g/mol. The molecule has 0 amide bonds. The first-order valence-corrected chi connectivity index (χ1v) is 8.34. The van der Waals surface area contributed by atoms with Crippen molar-refractivity contribution in [1.82, 2.24) is 14.5 Å². The van der Waals surface area contributed by atoms with Crippen molar-refractivity contribution in [3.8, 4) is 5.75 Å². The summed E-state index contributed by atoms with van der Waals surface area (Å²) in [5, 5.41) is 3.93. The van der Waals surface area contributed by atoms with Crippen LogP contribution in [0.3, 0.4) is 0 Å². The maximum Gasteiger partial charge on any atom is 0.158 e. The first-order valence-electron chi connectivity index (χ1n) is 7.46.